The second-order valence-corrected chi connectivity index (χ2v) is 4.27. The van der Waals surface area contributed by atoms with Crippen molar-refractivity contribution < 1.29 is 0 Å². The zero-order chi connectivity index (χ0) is 10.7. The number of hydrogen-bond donors (Lipinski definition) is 0. The third-order valence-corrected chi connectivity index (χ3v) is 3.20. The zero-order valence-corrected chi connectivity index (χ0v) is 9.06. The van der Waals surface area contributed by atoms with E-state index in [1.54, 1.807) is 0 Å². The highest BCUT2D eigenvalue weighted by atomic mass is 15.2. The van der Waals surface area contributed by atoms with Crippen LogP contribution in [0.15, 0.2) is 30.3 Å². The molecule has 1 saturated heterocycles. The van der Waals surface area contributed by atoms with E-state index >= 15 is 0 Å². The average molecular weight is 200 g/mol. The normalized spacial score (nSPS) is 19.2. The summed E-state index contributed by atoms with van der Waals surface area (Å²) in [4.78, 5) is 2.43. The van der Waals surface area contributed by atoms with Crippen molar-refractivity contribution in [3.8, 4) is 6.07 Å². The lowest BCUT2D eigenvalue weighted by Crippen LogP contribution is -2.47. The Balaban J connectivity index is 1.90. The van der Waals surface area contributed by atoms with Gasteiger partial charge in [-0.3, -0.25) is 4.90 Å². The van der Waals surface area contributed by atoms with Crippen molar-refractivity contribution in [1.29, 1.82) is 5.26 Å². The topological polar surface area (TPSA) is 27.0 Å². The van der Waals surface area contributed by atoms with Crippen LogP contribution < -0.4 is 0 Å². The number of nitrogens with zero attached hydrogens (tertiary/aromatic N) is 2. The highest BCUT2D eigenvalue weighted by Crippen LogP contribution is 2.29. The summed E-state index contributed by atoms with van der Waals surface area (Å²) in [5.41, 5.74) is 1.37. The summed E-state index contributed by atoms with van der Waals surface area (Å²) in [6, 6.07) is 13.3. The Morgan fingerprint density at radius 3 is 2.67 bits per heavy atom. The molecule has 1 fully saturated rings. The second-order valence-electron chi connectivity index (χ2n) is 4.27. The Kier molecular flexibility index (Phi) is 3.03. The van der Waals surface area contributed by atoms with Crippen molar-refractivity contribution in [2.45, 2.75) is 19.4 Å². The van der Waals surface area contributed by atoms with E-state index in [1.807, 2.05) is 6.07 Å². The Morgan fingerprint density at radius 2 is 2.07 bits per heavy atom. The smallest absolute Gasteiger partial charge is 0.0625 e. The van der Waals surface area contributed by atoms with Gasteiger partial charge in [0.1, 0.15) is 0 Å². The van der Waals surface area contributed by atoms with Gasteiger partial charge >= 0.3 is 0 Å². The van der Waals surface area contributed by atoms with Crippen LogP contribution in [0.2, 0.25) is 0 Å². The molecule has 1 atom stereocenters. The fraction of sp³-hybridized carbons (Fsp3) is 0.462. The summed E-state index contributed by atoms with van der Waals surface area (Å²) in [6.07, 6.45) is 0.706. The maximum absolute atomic E-state index is 8.58. The summed E-state index contributed by atoms with van der Waals surface area (Å²) in [7, 11) is 0. The summed E-state index contributed by atoms with van der Waals surface area (Å²) in [5, 5.41) is 8.58. The number of hydrogen-bond acceptors (Lipinski definition) is 2. The summed E-state index contributed by atoms with van der Waals surface area (Å²) >= 11 is 0. The van der Waals surface area contributed by atoms with Gasteiger partial charge in [-0.05, 0) is 18.4 Å². The average Bonchev–Trinajstić information content (AvgIpc) is 2.23. The number of likely N-dealkylation sites (tertiary alicyclic amines) is 1. The molecular weight excluding hydrogens is 184 g/mol. The van der Waals surface area contributed by atoms with Gasteiger partial charge in [-0.2, -0.15) is 5.26 Å². The second kappa shape index (κ2) is 4.46. The van der Waals surface area contributed by atoms with Crippen LogP contribution in [-0.2, 0) is 0 Å². The molecule has 1 aromatic rings. The van der Waals surface area contributed by atoms with Gasteiger partial charge in [-0.25, -0.2) is 0 Å². The lowest BCUT2D eigenvalue weighted by atomic mass is 9.93. The van der Waals surface area contributed by atoms with E-state index in [0.29, 0.717) is 18.4 Å². The maximum atomic E-state index is 8.58. The van der Waals surface area contributed by atoms with Crippen molar-refractivity contribution in [3.63, 3.8) is 0 Å². The number of benzene rings is 1. The number of nitriles is 1. The Labute approximate surface area is 91.1 Å². The minimum atomic E-state index is 0.487. The molecule has 15 heavy (non-hydrogen) atoms. The first-order chi connectivity index (χ1) is 7.31. The van der Waals surface area contributed by atoms with Gasteiger partial charge in [0.2, 0.25) is 0 Å². The number of rotatable bonds is 3. The first-order valence-electron chi connectivity index (χ1n) is 5.47. The van der Waals surface area contributed by atoms with E-state index < -0.39 is 0 Å². The van der Waals surface area contributed by atoms with Crippen LogP contribution >= 0.6 is 0 Å². The molecule has 0 N–H and O–H groups in total. The van der Waals surface area contributed by atoms with Gasteiger partial charge < -0.3 is 0 Å². The summed E-state index contributed by atoms with van der Waals surface area (Å²) in [6.45, 7) is 4.38. The summed E-state index contributed by atoms with van der Waals surface area (Å²) < 4.78 is 0. The van der Waals surface area contributed by atoms with E-state index in [0.717, 1.165) is 13.1 Å². The predicted octanol–water partition coefficient (Wildman–Crippen LogP) is 2.59. The van der Waals surface area contributed by atoms with Crippen molar-refractivity contribution in [3.05, 3.63) is 35.9 Å². The molecule has 0 aromatic heterocycles. The van der Waals surface area contributed by atoms with Crippen LogP contribution in [-0.4, -0.2) is 18.0 Å². The van der Waals surface area contributed by atoms with Gasteiger partial charge in [0, 0.05) is 25.6 Å². The molecule has 1 heterocycles. The Morgan fingerprint density at radius 1 is 1.40 bits per heavy atom. The van der Waals surface area contributed by atoms with Crippen LogP contribution in [0.4, 0.5) is 0 Å². The van der Waals surface area contributed by atoms with Gasteiger partial charge in [0.25, 0.3) is 0 Å². The molecule has 0 spiro atoms. The lowest BCUT2D eigenvalue weighted by Gasteiger charge is -2.42. The monoisotopic (exact) mass is 200 g/mol. The summed E-state index contributed by atoms with van der Waals surface area (Å²) in [5.74, 6) is 0.598. The van der Waals surface area contributed by atoms with Crippen molar-refractivity contribution >= 4 is 0 Å². The van der Waals surface area contributed by atoms with Crippen LogP contribution in [0.25, 0.3) is 0 Å². The molecule has 2 rings (SSSR count). The lowest BCUT2D eigenvalue weighted by molar-refractivity contribution is 0.0624. The van der Waals surface area contributed by atoms with Crippen LogP contribution in [0.1, 0.15) is 24.9 Å². The van der Waals surface area contributed by atoms with Crippen molar-refractivity contribution in [1.82, 2.24) is 4.90 Å². The molecule has 1 aliphatic rings. The van der Waals surface area contributed by atoms with Gasteiger partial charge in [-0.15, -0.1) is 0 Å². The van der Waals surface area contributed by atoms with E-state index in [2.05, 4.69) is 42.2 Å². The van der Waals surface area contributed by atoms with Crippen molar-refractivity contribution in [2.24, 2.45) is 5.92 Å². The van der Waals surface area contributed by atoms with Gasteiger partial charge in [0.15, 0.2) is 0 Å². The largest absolute Gasteiger partial charge is 0.296 e. The standard InChI is InChI=1S/C13H16N2/c1-11(13-5-3-2-4-6-13)15-9-12(10-15)7-8-14/h2-6,11-12H,7,9-10H2,1H3. The first kappa shape index (κ1) is 10.2. The Hall–Kier alpha value is -1.33. The van der Waals surface area contributed by atoms with E-state index in [4.69, 9.17) is 5.26 Å². The van der Waals surface area contributed by atoms with Crippen LogP contribution in [0.5, 0.6) is 0 Å². The van der Waals surface area contributed by atoms with Crippen molar-refractivity contribution in [2.75, 3.05) is 13.1 Å². The van der Waals surface area contributed by atoms with E-state index in [9.17, 15) is 0 Å². The minimum Gasteiger partial charge on any atom is -0.296 e. The molecule has 0 bridgehead atoms. The molecule has 1 aliphatic heterocycles. The molecule has 1 aromatic carbocycles. The zero-order valence-electron chi connectivity index (χ0n) is 9.06. The quantitative estimate of drug-likeness (QED) is 0.750. The molecule has 78 valence electrons. The molecule has 1 unspecified atom stereocenters. The van der Waals surface area contributed by atoms with Gasteiger partial charge in [0.05, 0.1) is 6.07 Å². The molecule has 0 amide bonds. The molecule has 2 nitrogen and oxygen atoms in total. The molecular formula is C13H16N2. The Bertz CT molecular complexity index is 347. The molecule has 0 saturated carbocycles. The van der Waals surface area contributed by atoms with E-state index in [-0.39, 0.29) is 0 Å². The van der Waals surface area contributed by atoms with Crippen LogP contribution in [0, 0.1) is 17.2 Å². The maximum Gasteiger partial charge on any atom is 0.0625 e. The molecule has 0 radical (unpaired) electrons. The fourth-order valence-electron chi connectivity index (χ4n) is 2.13. The molecule has 0 aliphatic carbocycles. The third-order valence-electron chi connectivity index (χ3n) is 3.20. The van der Waals surface area contributed by atoms with Crippen LogP contribution in [0.3, 0.4) is 0 Å². The highest BCUT2D eigenvalue weighted by molar-refractivity contribution is 5.19. The minimum absolute atomic E-state index is 0.487. The third kappa shape index (κ3) is 2.19. The van der Waals surface area contributed by atoms with E-state index in [1.165, 1.54) is 5.56 Å². The predicted molar refractivity (Wildman–Crippen MR) is 60.2 cm³/mol. The van der Waals surface area contributed by atoms with Gasteiger partial charge in [-0.1, -0.05) is 30.3 Å². The first-order valence-corrected chi connectivity index (χ1v) is 5.47. The molecule has 2 heteroatoms. The SMILES string of the molecule is CC(c1ccccc1)N1CC(CC#N)C1. The highest BCUT2D eigenvalue weighted by Gasteiger charge is 2.30. The fourth-order valence-corrected chi connectivity index (χ4v) is 2.13.